The van der Waals surface area contributed by atoms with Gasteiger partial charge in [-0.1, -0.05) is 30.7 Å². The van der Waals surface area contributed by atoms with E-state index in [-0.39, 0.29) is 11.3 Å². The molecule has 3 rings (SSSR count). The van der Waals surface area contributed by atoms with Gasteiger partial charge in [-0.25, -0.2) is 4.98 Å². The van der Waals surface area contributed by atoms with Gasteiger partial charge in [0.05, 0.1) is 5.92 Å². The summed E-state index contributed by atoms with van der Waals surface area (Å²) in [6.45, 7) is 8.70. The molecule has 0 amide bonds. The highest BCUT2D eigenvalue weighted by atomic mass is 16.5. The molecule has 1 fully saturated rings. The van der Waals surface area contributed by atoms with Gasteiger partial charge in [0.1, 0.15) is 5.82 Å². The fraction of sp³-hybridized carbons (Fsp3) is 0.438. The Labute approximate surface area is 124 Å². The lowest BCUT2D eigenvalue weighted by Crippen LogP contribution is -1.91. The molecule has 2 heterocycles. The van der Waals surface area contributed by atoms with Crippen molar-refractivity contribution in [2.75, 3.05) is 5.73 Å². The molecule has 0 radical (unpaired) electrons. The fourth-order valence-corrected chi connectivity index (χ4v) is 2.84. The maximum absolute atomic E-state index is 5.59. The number of nitrogens with zero attached hydrogens (tertiary/aromatic N) is 3. The average Bonchev–Trinajstić information content (AvgIpc) is 2.78. The summed E-state index contributed by atoms with van der Waals surface area (Å²) < 4.78 is 5.47. The second-order valence-corrected chi connectivity index (χ2v) is 6.50. The Kier molecular flexibility index (Phi) is 3.08. The van der Waals surface area contributed by atoms with E-state index >= 15 is 0 Å². The van der Waals surface area contributed by atoms with Crippen molar-refractivity contribution >= 4 is 5.82 Å². The number of nitrogen functional groups attached to an aromatic ring is 1. The second-order valence-electron chi connectivity index (χ2n) is 6.50. The third-order valence-electron chi connectivity index (χ3n) is 4.18. The summed E-state index contributed by atoms with van der Waals surface area (Å²) in [4.78, 5) is 8.59. The molecule has 1 aliphatic carbocycles. The Morgan fingerprint density at radius 2 is 2.10 bits per heavy atom. The number of anilines is 1. The molecule has 2 atom stereocenters. The van der Waals surface area contributed by atoms with Gasteiger partial charge in [-0.3, -0.25) is 0 Å². The average molecular weight is 284 g/mol. The van der Waals surface area contributed by atoms with Gasteiger partial charge in [0.25, 0.3) is 0 Å². The van der Waals surface area contributed by atoms with Crippen LogP contribution < -0.4 is 5.73 Å². The zero-order chi connectivity index (χ0) is 15.2. The molecule has 5 nitrogen and oxygen atoms in total. The SMILES string of the molecule is CC(C)=CC1C(c2nc(-c3ccc(N)nc3)no2)C1(C)C. The zero-order valence-electron chi connectivity index (χ0n) is 12.8. The van der Waals surface area contributed by atoms with Gasteiger partial charge in [-0.2, -0.15) is 4.98 Å². The van der Waals surface area contributed by atoms with E-state index in [1.54, 1.807) is 12.3 Å². The van der Waals surface area contributed by atoms with E-state index in [1.807, 2.05) is 6.07 Å². The van der Waals surface area contributed by atoms with Crippen LogP contribution in [0, 0.1) is 11.3 Å². The predicted molar refractivity (Wildman–Crippen MR) is 81.4 cm³/mol. The molecular formula is C16H20N4O. The van der Waals surface area contributed by atoms with E-state index in [0.717, 1.165) is 5.56 Å². The molecule has 0 saturated heterocycles. The monoisotopic (exact) mass is 284 g/mol. The van der Waals surface area contributed by atoms with Crippen LogP contribution in [-0.4, -0.2) is 15.1 Å². The zero-order valence-corrected chi connectivity index (χ0v) is 12.8. The number of hydrogen-bond donors (Lipinski definition) is 1. The standard InChI is InChI=1S/C16H20N4O/c1-9(2)7-11-13(16(11,3)4)15-19-14(20-21-15)10-5-6-12(17)18-8-10/h5-8,11,13H,1-4H3,(H2,17,18). The van der Waals surface area contributed by atoms with E-state index in [1.165, 1.54) is 5.57 Å². The predicted octanol–water partition coefficient (Wildman–Crippen LogP) is 3.42. The van der Waals surface area contributed by atoms with Crippen LogP contribution >= 0.6 is 0 Å². The lowest BCUT2D eigenvalue weighted by Gasteiger charge is -1.97. The van der Waals surface area contributed by atoms with Crippen molar-refractivity contribution in [3.05, 3.63) is 35.9 Å². The first-order valence-electron chi connectivity index (χ1n) is 7.10. The summed E-state index contributed by atoms with van der Waals surface area (Å²) in [6, 6.07) is 3.58. The van der Waals surface area contributed by atoms with Crippen LogP contribution in [-0.2, 0) is 0 Å². The van der Waals surface area contributed by atoms with Crippen molar-refractivity contribution in [1.29, 1.82) is 0 Å². The van der Waals surface area contributed by atoms with Gasteiger partial charge < -0.3 is 10.3 Å². The summed E-state index contributed by atoms with van der Waals surface area (Å²) >= 11 is 0. The lowest BCUT2D eigenvalue weighted by atomic mass is 10.1. The van der Waals surface area contributed by atoms with E-state index in [9.17, 15) is 0 Å². The van der Waals surface area contributed by atoms with Crippen molar-refractivity contribution in [3.63, 3.8) is 0 Å². The normalized spacial score (nSPS) is 22.9. The Morgan fingerprint density at radius 1 is 1.33 bits per heavy atom. The number of rotatable bonds is 3. The topological polar surface area (TPSA) is 77.8 Å². The molecule has 2 aromatic heterocycles. The third kappa shape index (κ3) is 2.44. The Bertz CT molecular complexity index is 681. The molecule has 0 aromatic carbocycles. The quantitative estimate of drug-likeness (QED) is 0.874. The second kappa shape index (κ2) is 4.69. The number of pyridine rings is 1. The molecule has 2 aromatic rings. The molecular weight excluding hydrogens is 264 g/mol. The highest BCUT2D eigenvalue weighted by molar-refractivity contribution is 5.54. The van der Waals surface area contributed by atoms with E-state index < -0.39 is 0 Å². The van der Waals surface area contributed by atoms with Gasteiger partial charge in [0, 0.05) is 11.8 Å². The van der Waals surface area contributed by atoms with Crippen LogP contribution in [0.5, 0.6) is 0 Å². The Balaban J connectivity index is 1.86. The maximum Gasteiger partial charge on any atom is 0.231 e. The maximum atomic E-state index is 5.59. The van der Waals surface area contributed by atoms with Crippen molar-refractivity contribution in [2.45, 2.75) is 33.6 Å². The van der Waals surface area contributed by atoms with Gasteiger partial charge in [-0.15, -0.1) is 0 Å². The van der Waals surface area contributed by atoms with Gasteiger partial charge in [0.15, 0.2) is 0 Å². The molecule has 1 aliphatic rings. The molecule has 110 valence electrons. The first-order valence-corrected chi connectivity index (χ1v) is 7.10. The molecule has 5 heteroatoms. The van der Waals surface area contributed by atoms with Crippen molar-refractivity contribution in [3.8, 4) is 11.4 Å². The highest BCUT2D eigenvalue weighted by Crippen LogP contribution is 2.65. The molecule has 2 unspecified atom stereocenters. The molecule has 0 aliphatic heterocycles. The van der Waals surface area contributed by atoms with E-state index in [0.29, 0.717) is 23.5 Å². The number of allylic oxidation sites excluding steroid dienone is 2. The first kappa shape index (κ1) is 13.8. The van der Waals surface area contributed by atoms with Crippen LogP contribution in [0.2, 0.25) is 0 Å². The van der Waals surface area contributed by atoms with Crippen molar-refractivity contribution in [1.82, 2.24) is 15.1 Å². The number of aromatic nitrogens is 3. The van der Waals surface area contributed by atoms with Crippen molar-refractivity contribution < 1.29 is 4.52 Å². The summed E-state index contributed by atoms with van der Waals surface area (Å²) in [5.41, 5.74) is 7.89. The first-order chi connectivity index (χ1) is 9.89. The minimum absolute atomic E-state index is 0.167. The largest absolute Gasteiger partial charge is 0.384 e. The minimum Gasteiger partial charge on any atom is -0.384 e. The molecule has 2 N–H and O–H groups in total. The number of nitrogens with two attached hydrogens (primary N) is 1. The van der Waals surface area contributed by atoms with Crippen LogP contribution in [0.4, 0.5) is 5.82 Å². The molecule has 0 spiro atoms. The fourth-order valence-electron chi connectivity index (χ4n) is 2.84. The Hall–Kier alpha value is -2.17. The minimum atomic E-state index is 0.167. The van der Waals surface area contributed by atoms with E-state index in [4.69, 9.17) is 10.3 Å². The Morgan fingerprint density at radius 3 is 2.71 bits per heavy atom. The highest BCUT2D eigenvalue weighted by Gasteiger charge is 2.60. The van der Waals surface area contributed by atoms with E-state index in [2.05, 4.69) is 48.9 Å². The van der Waals surface area contributed by atoms with Gasteiger partial charge in [0.2, 0.25) is 11.7 Å². The van der Waals surface area contributed by atoms with Gasteiger partial charge >= 0.3 is 0 Å². The van der Waals surface area contributed by atoms with Crippen LogP contribution in [0.3, 0.4) is 0 Å². The smallest absolute Gasteiger partial charge is 0.231 e. The lowest BCUT2D eigenvalue weighted by molar-refractivity contribution is 0.368. The third-order valence-corrected chi connectivity index (χ3v) is 4.18. The summed E-state index contributed by atoms with van der Waals surface area (Å²) in [5.74, 6) is 2.50. The van der Waals surface area contributed by atoms with Crippen LogP contribution in [0.1, 0.15) is 39.5 Å². The van der Waals surface area contributed by atoms with Gasteiger partial charge in [-0.05, 0) is 37.3 Å². The molecule has 0 bridgehead atoms. The molecule has 21 heavy (non-hydrogen) atoms. The van der Waals surface area contributed by atoms with Crippen LogP contribution in [0.25, 0.3) is 11.4 Å². The van der Waals surface area contributed by atoms with Crippen molar-refractivity contribution in [2.24, 2.45) is 11.3 Å². The summed E-state index contributed by atoms with van der Waals surface area (Å²) in [6.07, 6.45) is 3.95. The molecule has 1 saturated carbocycles. The summed E-state index contributed by atoms with van der Waals surface area (Å²) in [5, 5.41) is 4.07. The summed E-state index contributed by atoms with van der Waals surface area (Å²) in [7, 11) is 0. The number of hydrogen-bond acceptors (Lipinski definition) is 5. The van der Waals surface area contributed by atoms with Crippen LogP contribution in [0.15, 0.2) is 34.5 Å².